The van der Waals surface area contributed by atoms with Crippen molar-refractivity contribution in [2.24, 2.45) is 4.99 Å². The molecule has 26 heavy (non-hydrogen) atoms. The largest absolute Gasteiger partial charge is 0.464 e. The van der Waals surface area contributed by atoms with E-state index in [4.69, 9.17) is 16.0 Å². The zero-order valence-electron chi connectivity index (χ0n) is 15.1. The van der Waals surface area contributed by atoms with Crippen LogP contribution >= 0.6 is 35.6 Å². The smallest absolute Gasteiger partial charge is 0.191 e. The van der Waals surface area contributed by atoms with Crippen LogP contribution in [0.1, 0.15) is 30.0 Å². The molecule has 0 saturated heterocycles. The highest BCUT2D eigenvalue weighted by Crippen LogP contribution is 2.22. The third-order valence-corrected chi connectivity index (χ3v) is 4.42. The summed E-state index contributed by atoms with van der Waals surface area (Å²) >= 11 is 6.10. The summed E-state index contributed by atoms with van der Waals surface area (Å²) in [6.07, 6.45) is 2.91. The van der Waals surface area contributed by atoms with Crippen LogP contribution in [0.5, 0.6) is 0 Å². The number of benzene rings is 1. The van der Waals surface area contributed by atoms with Gasteiger partial charge in [-0.1, -0.05) is 11.6 Å². The molecule has 0 aliphatic heterocycles. The number of H-pyrrole nitrogens is 1. The second-order valence-corrected chi connectivity index (χ2v) is 6.50. The number of guanidine groups is 1. The summed E-state index contributed by atoms with van der Waals surface area (Å²) < 4.78 is 5.65. The van der Waals surface area contributed by atoms with Crippen molar-refractivity contribution in [3.8, 4) is 0 Å². The van der Waals surface area contributed by atoms with Gasteiger partial charge in [-0.05, 0) is 56.2 Å². The summed E-state index contributed by atoms with van der Waals surface area (Å²) in [6, 6.07) is 9.89. The van der Waals surface area contributed by atoms with E-state index in [0.29, 0.717) is 0 Å². The van der Waals surface area contributed by atoms with Gasteiger partial charge >= 0.3 is 0 Å². The number of hydrogen-bond acceptors (Lipinski definition) is 2. The topological polar surface area (TPSA) is 65.3 Å². The van der Waals surface area contributed by atoms with Crippen LogP contribution in [0.3, 0.4) is 0 Å². The van der Waals surface area contributed by atoms with Crippen molar-refractivity contribution in [3.63, 3.8) is 0 Å². The third kappa shape index (κ3) is 4.94. The van der Waals surface area contributed by atoms with E-state index in [9.17, 15) is 0 Å². The van der Waals surface area contributed by atoms with E-state index in [-0.39, 0.29) is 30.0 Å². The molecule has 0 fully saturated rings. The lowest BCUT2D eigenvalue weighted by molar-refractivity contribution is 0.441. The maximum absolute atomic E-state index is 6.10. The minimum absolute atomic E-state index is 0. The first kappa shape index (κ1) is 20.6. The fourth-order valence-corrected chi connectivity index (χ4v) is 3.00. The molecule has 0 saturated carbocycles. The average Bonchev–Trinajstić information content (AvgIpc) is 3.20. The zero-order valence-corrected chi connectivity index (χ0v) is 18.2. The SMILES string of the molecule is CN=C(NCCc1c[nH]c2ccc(Cl)cc12)NC(C)c1ccc(C)o1.I. The number of aromatic nitrogens is 1. The minimum atomic E-state index is 0. The van der Waals surface area contributed by atoms with Crippen molar-refractivity contribution in [1.82, 2.24) is 15.6 Å². The molecule has 1 atom stereocenters. The maximum Gasteiger partial charge on any atom is 0.191 e. The Kier molecular flexibility index (Phi) is 7.40. The molecule has 140 valence electrons. The van der Waals surface area contributed by atoms with E-state index in [1.165, 1.54) is 5.56 Å². The van der Waals surface area contributed by atoms with Crippen LogP contribution in [0.2, 0.25) is 5.02 Å². The van der Waals surface area contributed by atoms with Gasteiger partial charge in [-0.15, -0.1) is 24.0 Å². The van der Waals surface area contributed by atoms with Gasteiger partial charge in [-0.2, -0.15) is 0 Å². The van der Waals surface area contributed by atoms with Crippen molar-refractivity contribution in [1.29, 1.82) is 0 Å². The second-order valence-electron chi connectivity index (χ2n) is 6.07. The highest BCUT2D eigenvalue weighted by atomic mass is 127. The molecule has 0 aliphatic carbocycles. The molecule has 2 aromatic heterocycles. The molecule has 0 amide bonds. The average molecular weight is 487 g/mol. The van der Waals surface area contributed by atoms with Crippen LogP contribution < -0.4 is 10.6 Å². The molecule has 0 bridgehead atoms. The van der Waals surface area contributed by atoms with Gasteiger partial charge in [0.15, 0.2) is 5.96 Å². The molecule has 3 N–H and O–H groups in total. The normalized spacial score (nSPS) is 12.7. The Hall–Kier alpha value is -1.67. The van der Waals surface area contributed by atoms with Gasteiger partial charge in [-0.3, -0.25) is 4.99 Å². The Labute approximate surface area is 175 Å². The standard InChI is InChI=1S/C19H23ClN4O.HI/c1-12-4-7-18(25-12)13(2)24-19(21-3)22-9-8-14-11-23-17-6-5-15(20)10-16(14)17;/h4-7,10-11,13,23H,8-9H2,1-3H3,(H2,21,22,24);1H. The Balaban J connectivity index is 0.00000243. The minimum Gasteiger partial charge on any atom is -0.464 e. The molecular weight excluding hydrogens is 463 g/mol. The number of furan rings is 1. The van der Waals surface area contributed by atoms with Crippen molar-refractivity contribution >= 4 is 52.4 Å². The molecule has 0 radical (unpaired) electrons. The summed E-state index contributed by atoms with van der Waals surface area (Å²) in [5.41, 5.74) is 2.33. The monoisotopic (exact) mass is 486 g/mol. The first-order valence-electron chi connectivity index (χ1n) is 8.36. The molecule has 3 rings (SSSR count). The van der Waals surface area contributed by atoms with Crippen molar-refractivity contribution < 1.29 is 4.42 Å². The fraction of sp³-hybridized carbons (Fsp3) is 0.316. The van der Waals surface area contributed by atoms with Crippen LogP contribution in [0, 0.1) is 6.92 Å². The number of aromatic amines is 1. The number of rotatable bonds is 5. The lowest BCUT2D eigenvalue weighted by Crippen LogP contribution is -2.39. The van der Waals surface area contributed by atoms with Crippen LogP contribution in [0.25, 0.3) is 10.9 Å². The number of halogens is 2. The van der Waals surface area contributed by atoms with E-state index < -0.39 is 0 Å². The van der Waals surface area contributed by atoms with E-state index in [1.54, 1.807) is 7.05 Å². The number of fused-ring (bicyclic) bond motifs is 1. The lowest BCUT2D eigenvalue weighted by atomic mass is 10.1. The molecule has 7 heteroatoms. The fourth-order valence-electron chi connectivity index (χ4n) is 2.83. The third-order valence-electron chi connectivity index (χ3n) is 4.18. The van der Waals surface area contributed by atoms with Crippen LogP contribution in [-0.2, 0) is 6.42 Å². The lowest BCUT2D eigenvalue weighted by Gasteiger charge is -2.16. The highest BCUT2D eigenvalue weighted by molar-refractivity contribution is 14.0. The van der Waals surface area contributed by atoms with E-state index in [1.807, 2.05) is 50.4 Å². The highest BCUT2D eigenvalue weighted by Gasteiger charge is 2.11. The van der Waals surface area contributed by atoms with Gasteiger partial charge in [-0.25, -0.2) is 0 Å². The van der Waals surface area contributed by atoms with Gasteiger partial charge in [0.1, 0.15) is 11.5 Å². The van der Waals surface area contributed by atoms with Crippen LogP contribution in [0.15, 0.2) is 45.9 Å². The number of nitrogens with zero attached hydrogens (tertiary/aromatic N) is 1. The Bertz CT molecular complexity index is 887. The number of aryl methyl sites for hydroxylation is 1. The Morgan fingerprint density at radius 3 is 2.81 bits per heavy atom. The molecule has 5 nitrogen and oxygen atoms in total. The molecule has 2 heterocycles. The molecule has 3 aromatic rings. The molecule has 0 spiro atoms. The summed E-state index contributed by atoms with van der Waals surface area (Å²) in [6.45, 7) is 4.76. The first-order valence-corrected chi connectivity index (χ1v) is 8.73. The summed E-state index contributed by atoms with van der Waals surface area (Å²) in [7, 11) is 1.76. The van der Waals surface area contributed by atoms with Gasteiger partial charge in [0.25, 0.3) is 0 Å². The summed E-state index contributed by atoms with van der Waals surface area (Å²) in [5, 5.41) is 8.60. The van der Waals surface area contributed by atoms with Crippen molar-refractivity contribution in [2.75, 3.05) is 13.6 Å². The second kappa shape index (κ2) is 9.32. The molecule has 0 aliphatic rings. The maximum atomic E-state index is 6.10. The Morgan fingerprint density at radius 1 is 1.31 bits per heavy atom. The molecule has 1 unspecified atom stereocenters. The number of hydrogen-bond donors (Lipinski definition) is 3. The van der Waals surface area contributed by atoms with Gasteiger partial charge in [0.2, 0.25) is 0 Å². The van der Waals surface area contributed by atoms with E-state index in [0.717, 1.165) is 46.4 Å². The van der Waals surface area contributed by atoms with Crippen LogP contribution in [0.4, 0.5) is 0 Å². The number of aliphatic imine (C=N–C) groups is 1. The summed E-state index contributed by atoms with van der Waals surface area (Å²) in [5.74, 6) is 2.55. The molecular formula is C19H24ClIN4O. The van der Waals surface area contributed by atoms with Gasteiger partial charge < -0.3 is 20.0 Å². The quantitative estimate of drug-likeness (QED) is 0.275. The van der Waals surface area contributed by atoms with E-state index in [2.05, 4.69) is 20.6 Å². The van der Waals surface area contributed by atoms with Gasteiger partial charge in [0, 0.05) is 35.7 Å². The van der Waals surface area contributed by atoms with Crippen molar-refractivity contribution in [3.05, 3.63) is 58.6 Å². The van der Waals surface area contributed by atoms with Crippen molar-refractivity contribution in [2.45, 2.75) is 26.3 Å². The van der Waals surface area contributed by atoms with Gasteiger partial charge in [0.05, 0.1) is 6.04 Å². The predicted octanol–water partition coefficient (Wildman–Crippen LogP) is 4.81. The number of nitrogens with one attached hydrogen (secondary N) is 3. The predicted molar refractivity (Wildman–Crippen MR) is 119 cm³/mol. The Morgan fingerprint density at radius 2 is 2.12 bits per heavy atom. The first-order chi connectivity index (χ1) is 12.1. The zero-order chi connectivity index (χ0) is 17.8. The summed E-state index contributed by atoms with van der Waals surface area (Å²) in [4.78, 5) is 7.56. The molecule has 1 aromatic carbocycles. The van der Waals surface area contributed by atoms with Crippen LogP contribution in [-0.4, -0.2) is 24.5 Å². The van der Waals surface area contributed by atoms with E-state index >= 15 is 0 Å².